The van der Waals surface area contributed by atoms with E-state index in [1.54, 1.807) is 42.7 Å². The van der Waals surface area contributed by atoms with Gasteiger partial charge < -0.3 is 14.5 Å². The molecule has 156 valence electrons. The van der Waals surface area contributed by atoms with Gasteiger partial charge in [-0.1, -0.05) is 15.9 Å². The van der Waals surface area contributed by atoms with Crippen LogP contribution in [-0.4, -0.2) is 68.5 Å². The largest absolute Gasteiger partial charge is 0.444 e. The summed E-state index contributed by atoms with van der Waals surface area (Å²) in [6, 6.07) is 6.27. The number of hydrogen-bond donors (Lipinski definition) is 1. The van der Waals surface area contributed by atoms with Gasteiger partial charge in [-0.25, -0.2) is 17.9 Å². The lowest BCUT2D eigenvalue weighted by Gasteiger charge is -2.35. The summed E-state index contributed by atoms with van der Waals surface area (Å²) in [4.78, 5) is 27.7. The summed E-state index contributed by atoms with van der Waals surface area (Å²) < 4.78 is 33.0. The SMILES string of the molecule is CC(C)(C)OC(=O)N1CCN(C(=O)CCNS(=O)(=O)c2ccc(Br)cc2)CC1. The first-order chi connectivity index (χ1) is 13.0. The smallest absolute Gasteiger partial charge is 0.410 e. The Morgan fingerprint density at radius 2 is 1.61 bits per heavy atom. The van der Waals surface area contributed by atoms with E-state index >= 15 is 0 Å². The topological polar surface area (TPSA) is 96.0 Å². The Kier molecular flexibility index (Phi) is 7.46. The molecule has 0 aliphatic carbocycles. The molecule has 1 N–H and O–H groups in total. The lowest BCUT2D eigenvalue weighted by molar-refractivity contribution is -0.132. The molecule has 0 spiro atoms. The molecular weight excluding hydrogens is 450 g/mol. The molecule has 8 nitrogen and oxygen atoms in total. The third-order valence-electron chi connectivity index (χ3n) is 4.04. The van der Waals surface area contributed by atoms with Crippen molar-refractivity contribution in [1.82, 2.24) is 14.5 Å². The Bertz CT molecular complexity index is 798. The molecule has 2 amide bonds. The standard InChI is InChI=1S/C18H26BrN3O5S/c1-18(2,3)27-17(24)22-12-10-21(11-13-22)16(23)8-9-20-28(25,26)15-6-4-14(19)5-7-15/h4-7,20H,8-13H2,1-3H3. The zero-order chi connectivity index (χ0) is 20.9. The van der Waals surface area contributed by atoms with Crippen molar-refractivity contribution in [3.63, 3.8) is 0 Å². The molecule has 0 aromatic heterocycles. The van der Waals surface area contributed by atoms with Crippen molar-refractivity contribution in [2.24, 2.45) is 0 Å². The van der Waals surface area contributed by atoms with Crippen molar-refractivity contribution >= 4 is 38.0 Å². The number of amides is 2. The molecule has 28 heavy (non-hydrogen) atoms. The van der Waals surface area contributed by atoms with Crippen molar-refractivity contribution in [2.75, 3.05) is 32.7 Å². The van der Waals surface area contributed by atoms with E-state index in [9.17, 15) is 18.0 Å². The van der Waals surface area contributed by atoms with Crippen molar-refractivity contribution in [2.45, 2.75) is 37.7 Å². The maximum atomic E-state index is 12.3. The quantitative estimate of drug-likeness (QED) is 0.703. The second-order valence-corrected chi connectivity index (χ2v) is 10.1. The number of carbonyl (C=O) groups excluding carboxylic acids is 2. The maximum absolute atomic E-state index is 12.3. The minimum atomic E-state index is -3.65. The van der Waals surface area contributed by atoms with Crippen LogP contribution in [0.2, 0.25) is 0 Å². The summed E-state index contributed by atoms with van der Waals surface area (Å²) in [5.41, 5.74) is -0.559. The number of hydrogen-bond acceptors (Lipinski definition) is 5. The van der Waals surface area contributed by atoms with Crippen LogP contribution in [0.25, 0.3) is 0 Å². The van der Waals surface area contributed by atoms with Gasteiger partial charge in [-0.15, -0.1) is 0 Å². The summed E-state index contributed by atoms with van der Waals surface area (Å²) in [6.45, 7) is 7.02. The number of rotatable bonds is 5. The molecule has 1 heterocycles. The zero-order valence-electron chi connectivity index (χ0n) is 16.3. The molecule has 0 radical (unpaired) electrons. The van der Waals surface area contributed by atoms with E-state index in [2.05, 4.69) is 20.7 Å². The second kappa shape index (κ2) is 9.23. The molecule has 1 aromatic carbocycles. The van der Waals surface area contributed by atoms with Crippen molar-refractivity contribution < 1.29 is 22.7 Å². The lowest BCUT2D eigenvalue weighted by Crippen LogP contribution is -2.52. The highest BCUT2D eigenvalue weighted by molar-refractivity contribution is 9.10. The first-order valence-corrected chi connectivity index (χ1v) is 11.3. The van der Waals surface area contributed by atoms with Gasteiger partial charge in [-0.3, -0.25) is 4.79 Å². The van der Waals surface area contributed by atoms with Crippen LogP contribution in [0, 0.1) is 0 Å². The molecule has 0 bridgehead atoms. The molecule has 0 saturated carbocycles. The van der Waals surface area contributed by atoms with Crippen LogP contribution in [-0.2, 0) is 19.6 Å². The van der Waals surface area contributed by atoms with Gasteiger partial charge in [0.15, 0.2) is 0 Å². The third kappa shape index (κ3) is 6.75. The van der Waals surface area contributed by atoms with E-state index in [0.717, 1.165) is 4.47 Å². The normalized spacial score (nSPS) is 15.4. The number of nitrogens with one attached hydrogen (secondary N) is 1. The fraction of sp³-hybridized carbons (Fsp3) is 0.556. The molecule has 0 atom stereocenters. The molecule has 1 aromatic rings. The molecular formula is C18H26BrN3O5S. The Morgan fingerprint density at radius 1 is 1.07 bits per heavy atom. The number of benzene rings is 1. The van der Waals surface area contributed by atoms with E-state index in [4.69, 9.17) is 4.74 Å². The second-order valence-electron chi connectivity index (χ2n) is 7.45. The van der Waals surface area contributed by atoms with Gasteiger partial charge in [-0.2, -0.15) is 0 Å². The summed E-state index contributed by atoms with van der Waals surface area (Å²) >= 11 is 3.26. The van der Waals surface area contributed by atoms with Crippen molar-refractivity contribution in [3.8, 4) is 0 Å². The van der Waals surface area contributed by atoms with Crippen LogP contribution in [0.4, 0.5) is 4.79 Å². The molecule has 0 unspecified atom stereocenters. The zero-order valence-corrected chi connectivity index (χ0v) is 18.7. The first kappa shape index (κ1) is 22.6. The predicted octanol–water partition coefficient (Wildman–Crippen LogP) is 2.20. The molecule has 1 aliphatic heterocycles. The fourth-order valence-electron chi connectivity index (χ4n) is 2.61. The number of nitrogens with zero attached hydrogens (tertiary/aromatic N) is 2. The Balaban J connectivity index is 1.77. The monoisotopic (exact) mass is 475 g/mol. The van der Waals surface area contributed by atoms with Crippen LogP contribution >= 0.6 is 15.9 Å². The van der Waals surface area contributed by atoms with E-state index in [1.165, 1.54) is 12.1 Å². The number of piperazine rings is 1. The van der Waals surface area contributed by atoms with Gasteiger partial charge in [0.25, 0.3) is 0 Å². The molecule has 1 fully saturated rings. The fourth-order valence-corrected chi connectivity index (χ4v) is 3.91. The van der Waals surface area contributed by atoms with E-state index in [1.807, 2.05) is 0 Å². The number of carbonyl (C=O) groups is 2. The van der Waals surface area contributed by atoms with Gasteiger partial charge in [0.2, 0.25) is 15.9 Å². The number of halogens is 1. The number of sulfonamides is 1. The van der Waals surface area contributed by atoms with Crippen LogP contribution in [0.15, 0.2) is 33.6 Å². The predicted molar refractivity (Wildman–Crippen MR) is 108 cm³/mol. The first-order valence-electron chi connectivity index (χ1n) is 8.99. The molecule has 1 saturated heterocycles. The van der Waals surface area contributed by atoms with E-state index < -0.39 is 15.6 Å². The summed E-state index contributed by atoms with van der Waals surface area (Å²) in [6.07, 6.45) is -0.329. The Morgan fingerprint density at radius 3 is 2.14 bits per heavy atom. The average molecular weight is 476 g/mol. The van der Waals surface area contributed by atoms with Crippen molar-refractivity contribution in [1.29, 1.82) is 0 Å². The molecule has 2 rings (SSSR count). The number of ether oxygens (including phenoxy) is 1. The van der Waals surface area contributed by atoms with Crippen LogP contribution in [0.1, 0.15) is 27.2 Å². The molecule has 10 heteroatoms. The lowest BCUT2D eigenvalue weighted by atomic mass is 10.2. The van der Waals surface area contributed by atoms with Gasteiger partial charge in [-0.05, 0) is 45.0 Å². The van der Waals surface area contributed by atoms with Crippen molar-refractivity contribution in [3.05, 3.63) is 28.7 Å². The highest BCUT2D eigenvalue weighted by Gasteiger charge is 2.27. The highest BCUT2D eigenvalue weighted by atomic mass is 79.9. The Labute approximate surface area is 174 Å². The van der Waals surface area contributed by atoms with Crippen LogP contribution < -0.4 is 4.72 Å². The van der Waals surface area contributed by atoms with Gasteiger partial charge >= 0.3 is 6.09 Å². The highest BCUT2D eigenvalue weighted by Crippen LogP contribution is 2.15. The van der Waals surface area contributed by atoms with Gasteiger partial charge in [0.05, 0.1) is 4.90 Å². The minimum Gasteiger partial charge on any atom is -0.444 e. The van der Waals surface area contributed by atoms with E-state index in [0.29, 0.717) is 26.2 Å². The third-order valence-corrected chi connectivity index (χ3v) is 6.04. The molecule has 1 aliphatic rings. The van der Waals surface area contributed by atoms with Crippen LogP contribution in [0.5, 0.6) is 0 Å². The minimum absolute atomic E-state index is 0.0174. The maximum Gasteiger partial charge on any atom is 0.410 e. The van der Waals surface area contributed by atoms with Gasteiger partial charge in [0.1, 0.15) is 5.60 Å². The Hall–Kier alpha value is -1.65. The summed E-state index contributed by atoms with van der Waals surface area (Å²) in [7, 11) is -3.65. The van der Waals surface area contributed by atoms with E-state index in [-0.39, 0.29) is 29.9 Å². The average Bonchev–Trinajstić information content (AvgIpc) is 2.60. The summed E-state index contributed by atoms with van der Waals surface area (Å²) in [5, 5.41) is 0. The summed E-state index contributed by atoms with van der Waals surface area (Å²) in [5.74, 6) is -0.151. The van der Waals surface area contributed by atoms with Gasteiger partial charge in [0, 0.05) is 43.6 Å². The van der Waals surface area contributed by atoms with Crippen LogP contribution in [0.3, 0.4) is 0 Å².